The number of hydrogen-bond donors (Lipinski definition) is 0. The second-order valence-electron chi connectivity index (χ2n) is 2.72. The maximum Gasteiger partial charge on any atom is 0.274 e. The predicted octanol–water partition coefficient (Wildman–Crippen LogP) is 1.68. The van der Waals surface area contributed by atoms with Gasteiger partial charge < -0.3 is 4.74 Å². The molecule has 0 N–H and O–H groups in total. The summed E-state index contributed by atoms with van der Waals surface area (Å²) in [4.78, 5) is 9.56. The van der Waals surface area contributed by atoms with Crippen LogP contribution in [0.5, 0.6) is 5.75 Å². The van der Waals surface area contributed by atoms with Crippen LogP contribution < -0.4 is 4.74 Å². The van der Waals surface area contributed by atoms with Crippen molar-refractivity contribution >= 4 is 0 Å². The highest BCUT2D eigenvalue weighted by Crippen LogP contribution is 2.09. The van der Waals surface area contributed by atoms with Gasteiger partial charge in [0.2, 0.25) is 0 Å². The van der Waals surface area contributed by atoms with Crippen molar-refractivity contribution in [3.63, 3.8) is 0 Å². The molecule has 0 spiro atoms. The molecule has 0 amide bonds. The van der Waals surface area contributed by atoms with Crippen LogP contribution in [0.3, 0.4) is 0 Å². The molecule has 0 saturated carbocycles. The molecule has 1 rings (SSSR count). The molecule has 14 heavy (non-hydrogen) atoms. The van der Waals surface area contributed by atoms with Crippen LogP contribution in [0, 0.1) is 10.1 Å². The van der Waals surface area contributed by atoms with Gasteiger partial charge in [-0.05, 0) is 12.1 Å². The monoisotopic (exact) mass is 199 g/mol. The summed E-state index contributed by atoms with van der Waals surface area (Å²) in [6.45, 7) is -1.26. The van der Waals surface area contributed by atoms with E-state index in [0.29, 0.717) is 5.75 Å². The minimum absolute atomic E-state index is 0.243. The van der Waals surface area contributed by atoms with Crippen LogP contribution in [0.2, 0.25) is 0 Å². The SMILES string of the molecule is O=[N+]([O-])C(CF)COc1ccccc1. The van der Waals surface area contributed by atoms with Gasteiger partial charge in [-0.2, -0.15) is 0 Å². The maximum absolute atomic E-state index is 12.1. The Morgan fingerprint density at radius 1 is 1.43 bits per heavy atom. The average Bonchev–Trinajstić information content (AvgIpc) is 2.20. The van der Waals surface area contributed by atoms with Crippen LogP contribution >= 0.6 is 0 Å². The Bertz CT molecular complexity index is 291. The van der Waals surface area contributed by atoms with E-state index in [9.17, 15) is 14.5 Å². The van der Waals surface area contributed by atoms with Crippen LogP contribution in [0.4, 0.5) is 4.39 Å². The Morgan fingerprint density at radius 3 is 2.57 bits per heavy atom. The van der Waals surface area contributed by atoms with Gasteiger partial charge in [0, 0.05) is 4.92 Å². The molecule has 0 fully saturated rings. The highest BCUT2D eigenvalue weighted by Gasteiger charge is 2.20. The lowest BCUT2D eigenvalue weighted by atomic mass is 10.3. The highest BCUT2D eigenvalue weighted by molar-refractivity contribution is 5.20. The molecule has 0 aliphatic rings. The number of benzene rings is 1. The van der Waals surface area contributed by atoms with E-state index in [1.165, 1.54) is 0 Å². The van der Waals surface area contributed by atoms with Gasteiger partial charge in [0.25, 0.3) is 6.04 Å². The third-order valence-corrected chi connectivity index (χ3v) is 1.66. The number of halogens is 1. The van der Waals surface area contributed by atoms with E-state index in [1.54, 1.807) is 30.3 Å². The third kappa shape index (κ3) is 3.01. The van der Waals surface area contributed by atoms with Crippen LogP contribution in [0.15, 0.2) is 30.3 Å². The fraction of sp³-hybridized carbons (Fsp3) is 0.333. The number of ether oxygens (including phenoxy) is 1. The normalized spacial score (nSPS) is 12.1. The number of nitrogens with zero attached hydrogens (tertiary/aromatic N) is 1. The summed E-state index contributed by atoms with van der Waals surface area (Å²) in [6.07, 6.45) is 0. The summed E-state index contributed by atoms with van der Waals surface area (Å²) in [5, 5.41) is 10.2. The first-order valence-corrected chi connectivity index (χ1v) is 4.11. The van der Waals surface area contributed by atoms with Crippen molar-refractivity contribution in [3.05, 3.63) is 40.4 Å². The molecule has 0 aromatic heterocycles. The summed E-state index contributed by atoms with van der Waals surface area (Å²) in [7, 11) is 0. The Morgan fingerprint density at radius 2 is 2.07 bits per heavy atom. The van der Waals surface area contributed by atoms with Gasteiger partial charge in [-0.15, -0.1) is 0 Å². The molecular weight excluding hydrogens is 189 g/mol. The Balaban J connectivity index is 2.44. The van der Waals surface area contributed by atoms with Crippen molar-refractivity contribution < 1.29 is 14.1 Å². The molecule has 1 unspecified atom stereocenters. The molecule has 1 atom stereocenters. The lowest BCUT2D eigenvalue weighted by molar-refractivity contribution is -0.525. The van der Waals surface area contributed by atoms with Gasteiger partial charge in [0.1, 0.15) is 5.75 Å². The third-order valence-electron chi connectivity index (χ3n) is 1.66. The molecular formula is C9H10FNO3. The number of para-hydroxylation sites is 1. The maximum atomic E-state index is 12.1. The van der Waals surface area contributed by atoms with Gasteiger partial charge >= 0.3 is 0 Å². The van der Waals surface area contributed by atoms with Crippen LogP contribution in [0.25, 0.3) is 0 Å². The van der Waals surface area contributed by atoms with E-state index in [2.05, 4.69) is 0 Å². The van der Waals surface area contributed by atoms with Crippen molar-refractivity contribution in [1.82, 2.24) is 0 Å². The first kappa shape index (κ1) is 10.4. The van der Waals surface area contributed by atoms with Crippen molar-refractivity contribution in [3.8, 4) is 5.75 Å². The smallest absolute Gasteiger partial charge is 0.274 e. The van der Waals surface area contributed by atoms with E-state index in [1.807, 2.05) is 0 Å². The molecule has 5 heteroatoms. The Kier molecular flexibility index (Phi) is 3.84. The quantitative estimate of drug-likeness (QED) is 0.535. The molecule has 0 bridgehead atoms. The summed E-state index contributed by atoms with van der Waals surface area (Å²) in [5.74, 6) is 0.507. The Labute approximate surface area is 80.5 Å². The van der Waals surface area contributed by atoms with Gasteiger partial charge in [-0.25, -0.2) is 4.39 Å². The van der Waals surface area contributed by atoms with E-state index in [4.69, 9.17) is 4.74 Å². The van der Waals surface area contributed by atoms with Gasteiger partial charge in [-0.1, -0.05) is 18.2 Å². The largest absolute Gasteiger partial charge is 0.486 e. The zero-order valence-electron chi connectivity index (χ0n) is 7.43. The lowest BCUT2D eigenvalue weighted by Gasteiger charge is -2.07. The summed E-state index contributed by atoms with van der Waals surface area (Å²) < 4.78 is 17.1. The standard InChI is InChI=1S/C9H10FNO3/c10-6-8(11(12)13)7-14-9-4-2-1-3-5-9/h1-5,8H,6-7H2. The fourth-order valence-electron chi connectivity index (χ4n) is 0.871. The molecule has 1 aromatic rings. The van der Waals surface area contributed by atoms with E-state index < -0.39 is 17.6 Å². The Hall–Kier alpha value is -1.65. The van der Waals surface area contributed by atoms with Crippen LogP contribution in [0.1, 0.15) is 0 Å². The number of rotatable bonds is 5. The summed E-state index contributed by atoms with van der Waals surface area (Å²) >= 11 is 0. The van der Waals surface area contributed by atoms with Crippen molar-refractivity contribution in [1.29, 1.82) is 0 Å². The number of nitro groups is 1. The zero-order chi connectivity index (χ0) is 10.4. The van der Waals surface area contributed by atoms with Crippen LogP contribution in [-0.2, 0) is 0 Å². The van der Waals surface area contributed by atoms with Gasteiger partial charge in [0.05, 0.1) is 0 Å². The molecule has 4 nitrogen and oxygen atoms in total. The van der Waals surface area contributed by atoms with Gasteiger partial charge in [0.15, 0.2) is 13.3 Å². The molecule has 0 heterocycles. The minimum atomic E-state index is -1.28. The van der Waals surface area contributed by atoms with Crippen molar-refractivity contribution in [2.75, 3.05) is 13.3 Å². The lowest BCUT2D eigenvalue weighted by Crippen LogP contribution is -2.28. The number of alkyl halides is 1. The average molecular weight is 199 g/mol. The predicted molar refractivity (Wildman–Crippen MR) is 48.7 cm³/mol. The minimum Gasteiger partial charge on any atom is -0.486 e. The number of hydrogen-bond acceptors (Lipinski definition) is 3. The van der Waals surface area contributed by atoms with Crippen LogP contribution in [-0.4, -0.2) is 24.2 Å². The second kappa shape index (κ2) is 5.16. The fourth-order valence-corrected chi connectivity index (χ4v) is 0.871. The topological polar surface area (TPSA) is 52.4 Å². The van der Waals surface area contributed by atoms with Crippen molar-refractivity contribution in [2.24, 2.45) is 0 Å². The van der Waals surface area contributed by atoms with Gasteiger partial charge in [-0.3, -0.25) is 10.1 Å². The first-order chi connectivity index (χ1) is 6.74. The summed E-state index contributed by atoms with van der Waals surface area (Å²) in [5.41, 5.74) is 0. The molecule has 0 radical (unpaired) electrons. The molecule has 1 aromatic carbocycles. The van der Waals surface area contributed by atoms with E-state index >= 15 is 0 Å². The van der Waals surface area contributed by atoms with E-state index in [0.717, 1.165) is 0 Å². The molecule has 0 saturated heterocycles. The molecule has 0 aliphatic carbocycles. The van der Waals surface area contributed by atoms with Crippen molar-refractivity contribution in [2.45, 2.75) is 6.04 Å². The first-order valence-electron chi connectivity index (χ1n) is 4.11. The van der Waals surface area contributed by atoms with E-state index in [-0.39, 0.29) is 6.61 Å². The summed E-state index contributed by atoms with van der Waals surface area (Å²) in [6, 6.07) is 7.32. The highest BCUT2D eigenvalue weighted by atomic mass is 19.1. The zero-order valence-corrected chi connectivity index (χ0v) is 7.43. The second-order valence-corrected chi connectivity index (χ2v) is 2.72. The molecule has 76 valence electrons. The molecule has 0 aliphatic heterocycles.